The van der Waals surface area contributed by atoms with Crippen molar-refractivity contribution < 1.29 is 9.59 Å². The van der Waals surface area contributed by atoms with Gasteiger partial charge in [0.2, 0.25) is 5.91 Å². The highest BCUT2D eigenvalue weighted by molar-refractivity contribution is 5.98. The number of aryl methyl sites for hydroxylation is 1. The molecule has 0 saturated carbocycles. The van der Waals surface area contributed by atoms with Crippen molar-refractivity contribution in [3.63, 3.8) is 0 Å². The highest BCUT2D eigenvalue weighted by atomic mass is 16.2. The molecule has 1 unspecified atom stereocenters. The van der Waals surface area contributed by atoms with Gasteiger partial charge in [0.1, 0.15) is 0 Å². The Morgan fingerprint density at radius 2 is 2.14 bits per heavy atom. The number of hydrogen-bond donors (Lipinski definition) is 3. The van der Waals surface area contributed by atoms with Crippen LogP contribution in [-0.2, 0) is 11.2 Å². The largest absolute Gasteiger partial charge is 0.346 e. The van der Waals surface area contributed by atoms with Gasteiger partial charge in [0.25, 0.3) is 5.91 Å². The molecule has 0 aromatic heterocycles. The third-order valence-corrected chi connectivity index (χ3v) is 3.99. The summed E-state index contributed by atoms with van der Waals surface area (Å²) in [7, 11) is 0. The van der Waals surface area contributed by atoms with Crippen molar-refractivity contribution in [1.82, 2.24) is 5.32 Å². The third kappa shape index (κ3) is 3.85. The van der Waals surface area contributed by atoms with Gasteiger partial charge in [-0.3, -0.25) is 9.59 Å². The molecule has 1 aliphatic rings. The first-order valence-electron chi connectivity index (χ1n) is 7.78. The molecule has 22 heavy (non-hydrogen) atoms. The summed E-state index contributed by atoms with van der Waals surface area (Å²) in [6.45, 7) is 6.60. The zero-order valence-corrected chi connectivity index (χ0v) is 13.5. The number of benzene rings is 1. The van der Waals surface area contributed by atoms with Crippen LogP contribution in [0.25, 0.3) is 0 Å². The van der Waals surface area contributed by atoms with Crippen molar-refractivity contribution in [1.29, 1.82) is 0 Å². The van der Waals surface area contributed by atoms with E-state index in [2.05, 4.69) is 24.5 Å². The predicted molar refractivity (Wildman–Crippen MR) is 87.8 cm³/mol. The Kier molecular flexibility index (Phi) is 4.86. The van der Waals surface area contributed by atoms with Crippen LogP contribution in [0.15, 0.2) is 18.2 Å². The first-order chi connectivity index (χ1) is 10.3. The Bertz CT molecular complexity index is 583. The van der Waals surface area contributed by atoms with Crippen LogP contribution in [0, 0.1) is 5.92 Å². The number of anilines is 1. The Labute approximate surface area is 131 Å². The second-order valence-electron chi connectivity index (χ2n) is 6.74. The van der Waals surface area contributed by atoms with Crippen molar-refractivity contribution in [2.45, 2.75) is 45.6 Å². The van der Waals surface area contributed by atoms with Gasteiger partial charge >= 0.3 is 0 Å². The third-order valence-electron chi connectivity index (χ3n) is 3.99. The quantitative estimate of drug-likeness (QED) is 0.778. The van der Waals surface area contributed by atoms with E-state index in [-0.39, 0.29) is 11.8 Å². The van der Waals surface area contributed by atoms with Crippen LogP contribution in [-0.4, -0.2) is 23.9 Å². The molecule has 4 N–H and O–H groups in total. The molecule has 2 amide bonds. The monoisotopic (exact) mass is 303 g/mol. The molecule has 1 aliphatic heterocycles. The molecule has 0 spiro atoms. The van der Waals surface area contributed by atoms with Crippen LogP contribution in [0.2, 0.25) is 0 Å². The summed E-state index contributed by atoms with van der Waals surface area (Å²) < 4.78 is 0. The maximum Gasteiger partial charge on any atom is 0.251 e. The average molecular weight is 303 g/mol. The second-order valence-corrected chi connectivity index (χ2v) is 6.74. The summed E-state index contributed by atoms with van der Waals surface area (Å²) in [6, 6.07) is 5.39. The minimum atomic E-state index is -0.407. The van der Waals surface area contributed by atoms with E-state index >= 15 is 0 Å². The molecule has 5 heteroatoms. The zero-order valence-electron chi connectivity index (χ0n) is 13.5. The molecule has 1 atom stereocenters. The number of carbonyl (C=O) groups is 2. The van der Waals surface area contributed by atoms with Gasteiger partial charge < -0.3 is 16.4 Å². The molecule has 1 aromatic rings. The fourth-order valence-electron chi connectivity index (χ4n) is 2.96. The van der Waals surface area contributed by atoms with E-state index in [0.717, 1.165) is 17.7 Å². The van der Waals surface area contributed by atoms with Gasteiger partial charge in [0.15, 0.2) is 0 Å². The lowest BCUT2D eigenvalue weighted by Gasteiger charge is -2.31. The summed E-state index contributed by atoms with van der Waals surface area (Å²) in [6.07, 6.45) is 1.96. The van der Waals surface area contributed by atoms with E-state index in [1.165, 1.54) is 0 Å². The van der Waals surface area contributed by atoms with Gasteiger partial charge in [-0.1, -0.05) is 13.8 Å². The smallest absolute Gasteiger partial charge is 0.251 e. The number of nitrogens with two attached hydrogens (primary N) is 1. The molecule has 1 heterocycles. The van der Waals surface area contributed by atoms with Crippen LogP contribution in [0.3, 0.4) is 0 Å². The number of amides is 2. The minimum absolute atomic E-state index is 0.0253. The summed E-state index contributed by atoms with van der Waals surface area (Å²) in [5.41, 5.74) is 7.86. The Hall–Kier alpha value is -1.88. The molecule has 1 aromatic carbocycles. The van der Waals surface area contributed by atoms with Gasteiger partial charge in [-0.25, -0.2) is 0 Å². The maximum atomic E-state index is 12.5. The van der Waals surface area contributed by atoms with Crippen molar-refractivity contribution in [3.05, 3.63) is 29.3 Å². The molecule has 0 fully saturated rings. The fraction of sp³-hybridized carbons (Fsp3) is 0.529. The highest BCUT2D eigenvalue weighted by Crippen LogP contribution is 2.24. The number of fused-ring (bicyclic) bond motifs is 1. The lowest BCUT2D eigenvalue weighted by atomic mass is 9.90. The molecule has 5 nitrogen and oxygen atoms in total. The van der Waals surface area contributed by atoms with Gasteiger partial charge in [0.05, 0.1) is 0 Å². The zero-order chi connectivity index (χ0) is 16.3. The SMILES string of the molecule is CC(C)CC(C)(CN)NC(=O)c1ccc2c(c1)CCC(=O)N2. The fourth-order valence-corrected chi connectivity index (χ4v) is 2.96. The van der Waals surface area contributed by atoms with E-state index < -0.39 is 5.54 Å². The molecule has 120 valence electrons. The lowest BCUT2D eigenvalue weighted by Crippen LogP contribution is -2.52. The summed E-state index contributed by atoms with van der Waals surface area (Å²) in [5.74, 6) is 0.359. The topological polar surface area (TPSA) is 84.2 Å². The van der Waals surface area contributed by atoms with Crippen molar-refractivity contribution in [2.24, 2.45) is 11.7 Å². The number of nitrogens with one attached hydrogen (secondary N) is 2. The summed E-state index contributed by atoms with van der Waals surface area (Å²) in [5, 5.41) is 5.88. The number of carbonyl (C=O) groups excluding carboxylic acids is 2. The molecule has 2 rings (SSSR count). The summed E-state index contributed by atoms with van der Waals surface area (Å²) in [4.78, 5) is 23.9. The Morgan fingerprint density at radius 1 is 1.41 bits per heavy atom. The highest BCUT2D eigenvalue weighted by Gasteiger charge is 2.27. The number of rotatable bonds is 5. The van der Waals surface area contributed by atoms with Crippen LogP contribution < -0.4 is 16.4 Å². The second kappa shape index (κ2) is 6.48. The van der Waals surface area contributed by atoms with E-state index in [9.17, 15) is 9.59 Å². The maximum absolute atomic E-state index is 12.5. The van der Waals surface area contributed by atoms with E-state index in [4.69, 9.17) is 5.73 Å². The average Bonchev–Trinajstić information content (AvgIpc) is 2.45. The van der Waals surface area contributed by atoms with Crippen molar-refractivity contribution in [3.8, 4) is 0 Å². The first kappa shape index (κ1) is 16.5. The van der Waals surface area contributed by atoms with Crippen LogP contribution in [0.4, 0.5) is 5.69 Å². The number of hydrogen-bond acceptors (Lipinski definition) is 3. The van der Waals surface area contributed by atoms with Crippen LogP contribution in [0.5, 0.6) is 0 Å². The Morgan fingerprint density at radius 3 is 2.77 bits per heavy atom. The molecule has 0 radical (unpaired) electrons. The van der Waals surface area contributed by atoms with Gasteiger partial charge in [-0.2, -0.15) is 0 Å². The van der Waals surface area contributed by atoms with Crippen LogP contribution >= 0.6 is 0 Å². The van der Waals surface area contributed by atoms with E-state index in [0.29, 0.717) is 30.9 Å². The lowest BCUT2D eigenvalue weighted by molar-refractivity contribution is -0.116. The standard InChI is InChI=1S/C17H25N3O2/c1-11(2)9-17(3,10-18)20-16(22)13-4-6-14-12(8-13)5-7-15(21)19-14/h4,6,8,11H,5,7,9-10,18H2,1-3H3,(H,19,21)(H,20,22). The predicted octanol–water partition coefficient (Wildman–Crippen LogP) is 2.06. The molecule has 0 aliphatic carbocycles. The molecule has 0 saturated heterocycles. The summed E-state index contributed by atoms with van der Waals surface area (Å²) >= 11 is 0. The van der Waals surface area contributed by atoms with Gasteiger partial charge in [-0.15, -0.1) is 0 Å². The van der Waals surface area contributed by atoms with Crippen molar-refractivity contribution >= 4 is 17.5 Å². The molecule has 0 bridgehead atoms. The molecular formula is C17H25N3O2. The van der Waals surface area contributed by atoms with Crippen molar-refractivity contribution in [2.75, 3.05) is 11.9 Å². The van der Waals surface area contributed by atoms with E-state index in [1.54, 1.807) is 12.1 Å². The van der Waals surface area contributed by atoms with Gasteiger partial charge in [0, 0.05) is 29.8 Å². The first-order valence-corrected chi connectivity index (χ1v) is 7.78. The van der Waals surface area contributed by atoms with Gasteiger partial charge in [-0.05, 0) is 49.4 Å². The minimum Gasteiger partial charge on any atom is -0.346 e. The van der Waals surface area contributed by atoms with E-state index in [1.807, 2.05) is 13.0 Å². The normalized spacial score (nSPS) is 16.7. The molecular weight excluding hydrogens is 278 g/mol. The van der Waals surface area contributed by atoms with Crippen LogP contribution in [0.1, 0.15) is 49.5 Å². The Balaban J connectivity index is 2.14.